The van der Waals surface area contributed by atoms with Crippen LogP contribution in [-0.4, -0.2) is 5.60 Å². The van der Waals surface area contributed by atoms with E-state index in [2.05, 4.69) is 62.4 Å². The lowest BCUT2D eigenvalue weighted by Gasteiger charge is -2.32. The second kappa shape index (κ2) is 8.62. The van der Waals surface area contributed by atoms with Crippen LogP contribution in [-0.2, 0) is 10.9 Å². The summed E-state index contributed by atoms with van der Waals surface area (Å²) < 4.78 is 21.0. The Labute approximate surface area is 176 Å². The van der Waals surface area contributed by atoms with Crippen LogP contribution in [0.2, 0.25) is 0 Å². The SMILES string of the molecule is CC(C)(Oc1cc([S+](c2ccccc2)c2ccccc2)ccc1F)C1CCCC1. The van der Waals surface area contributed by atoms with Gasteiger partial charge in [-0.1, -0.05) is 49.2 Å². The molecule has 1 saturated carbocycles. The average molecular weight is 408 g/mol. The summed E-state index contributed by atoms with van der Waals surface area (Å²) in [4.78, 5) is 3.50. The zero-order chi connectivity index (χ0) is 20.3. The molecule has 1 aliphatic carbocycles. The highest BCUT2D eigenvalue weighted by molar-refractivity contribution is 7.97. The fourth-order valence-corrected chi connectivity index (χ4v) is 6.30. The normalized spacial score (nSPS) is 15.0. The molecule has 1 nitrogen and oxygen atoms in total. The molecule has 0 bridgehead atoms. The Morgan fingerprint density at radius 1 is 0.793 bits per heavy atom. The average Bonchev–Trinajstić information content (AvgIpc) is 3.28. The third-order valence-corrected chi connectivity index (χ3v) is 8.02. The van der Waals surface area contributed by atoms with E-state index in [4.69, 9.17) is 4.74 Å². The molecule has 0 spiro atoms. The van der Waals surface area contributed by atoms with Gasteiger partial charge in [-0.25, -0.2) is 4.39 Å². The molecular formula is C26H28FOS+. The molecule has 0 aromatic heterocycles. The van der Waals surface area contributed by atoms with Crippen LogP contribution >= 0.6 is 0 Å². The van der Waals surface area contributed by atoms with Gasteiger partial charge in [-0.15, -0.1) is 0 Å². The van der Waals surface area contributed by atoms with Crippen molar-refractivity contribution in [2.24, 2.45) is 5.92 Å². The standard InChI is InChI=1S/C26H28FOS/c1-26(2,20-11-9-10-12-20)28-25-19-23(17-18-24(25)27)29(21-13-5-3-6-14-21)22-15-7-4-8-16-22/h3-8,13-20H,9-12H2,1-2H3/q+1. The molecule has 150 valence electrons. The van der Waals surface area contributed by atoms with E-state index in [9.17, 15) is 4.39 Å². The maximum Gasteiger partial charge on any atom is 0.170 e. The van der Waals surface area contributed by atoms with Crippen molar-refractivity contribution in [2.45, 2.75) is 59.8 Å². The van der Waals surface area contributed by atoms with Crippen LogP contribution in [0.15, 0.2) is 93.5 Å². The summed E-state index contributed by atoms with van der Waals surface area (Å²) in [7, 11) is -0.310. The molecule has 0 aliphatic heterocycles. The first-order chi connectivity index (χ1) is 14.0. The second-order valence-electron chi connectivity index (χ2n) is 8.21. The van der Waals surface area contributed by atoms with Gasteiger partial charge in [0.25, 0.3) is 0 Å². The van der Waals surface area contributed by atoms with Crippen molar-refractivity contribution < 1.29 is 9.13 Å². The van der Waals surface area contributed by atoms with E-state index >= 15 is 0 Å². The quantitative estimate of drug-likeness (QED) is 0.390. The van der Waals surface area contributed by atoms with Gasteiger partial charge in [-0.05, 0) is 69.0 Å². The predicted octanol–water partition coefficient (Wildman–Crippen LogP) is 7.27. The van der Waals surface area contributed by atoms with Crippen LogP contribution in [0.4, 0.5) is 4.39 Å². The molecule has 29 heavy (non-hydrogen) atoms. The van der Waals surface area contributed by atoms with Gasteiger partial charge in [0.15, 0.2) is 26.3 Å². The van der Waals surface area contributed by atoms with Gasteiger partial charge in [0.1, 0.15) is 5.60 Å². The molecular weight excluding hydrogens is 379 g/mol. The lowest BCUT2D eigenvalue weighted by Crippen LogP contribution is -2.36. The fraction of sp³-hybridized carbons (Fsp3) is 0.308. The van der Waals surface area contributed by atoms with Crippen LogP contribution in [0, 0.1) is 11.7 Å². The minimum Gasteiger partial charge on any atom is -0.484 e. The van der Waals surface area contributed by atoms with Crippen molar-refractivity contribution in [3.63, 3.8) is 0 Å². The first-order valence-corrected chi connectivity index (χ1v) is 11.6. The van der Waals surface area contributed by atoms with E-state index in [0.717, 1.165) is 17.7 Å². The zero-order valence-electron chi connectivity index (χ0n) is 17.1. The molecule has 1 aliphatic rings. The Morgan fingerprint density at radius 2 is 1.34 bits per heavy atom. The van der Waals surface area contributed by atoms with E-state index in [-0.39, 0.29) is 22.3 Å². The Balaban J connectivity index is 1.72. The Bertz CT molecular complexity index is 894. The van der Waals surface area contributed by atoms with Crippen LogP contribution in [0.5, 0.6) is 5.75 Å². The van der Waals surface area contributed by atoms with E-state index in [1.54, 1.807) is 6.07 Å². The van der Waals surface area contributed by atoms with Crippen LogP contribution in [0.25, 0.3) is 0 Å². The minimum absolute atomic E-state index is 0.288. The van der Waals surface area contributed by atoms with Crippen molar-refractivity contribution in [1.29, 1.82) is 0 Å². The van der Waals surface area contributed by atoms with Crippen molar-refractivity contribution in [3.8, 4) is 5.75 Å². The van der Waals surface area contributed by atoms with Crippen molar-refractivity contribution >= 4 is 10.9 Å². The van der Waals surface area contributed by atoms with E-state index in [1.165, 1.54) is 22.6 Å². The molecule has 0 saturated heterocycles. The Kier molecular flexibility index (Phi) is 5.96. The maximum atomic E-state index is 14.7. The molecule has 0 N–H and O–H groups in total. The van der Waals surface area contributed by atoms with Gasteiger partial charge in [0, 0.05) is 6.07 Å². The molecule has 0 heterocycles. The van der Waals surface area contributed by atoms with E-state index < -0.39 is 0 Å². The van der Waals surface area contributed by atoms with Crippen molar-refractivity contribution in [2.75, 3.05) is 0 Å². The fourth-order valence-electron chi connectivity index (χ4n) is 4.20. The van der Waals surface area contributed by atoms with E-state index in [0.29, 0.717) is 11.7 Å². The third kappa shape index (κ3) is 4.51. The highest BCUT2D eigenvalue weighted by atomic mass is 32.2. The zero-order valence-corrected chi connectivity index (χ0v) is 17.9. The van der Waals surface area contributed by atoms with Crippen molar-refractivity contribution in [3.05, 3.63) is 84.7 Å². The van der Waals surface area contributed by atoms with Gasteiger partial charge in [0.2, 0.25) is 0 Å². The Hall–Kier alpha value is -2.26. The maximum absolute atomic E-state index is 14.7. The number of hydrogen-bond donors (Lipinski definition) is 0. The predicted molar refractivity (Wildman–Crippen MR) is 118 cm³/mol. The van der Waals surface area contributed by atoms with Crippen LogP contribution < -0.4 is 4.74 Å². The lowest BCUT2D eigenvalue weighted by atomic mass is 9.89. The number of halogens is 1. The number of benzene rings is 3. The molecule has 1 fully saturated rings. The van der Waals surface area contributed by atoms with Crippen LogP contribution in [0.3, 0.4) is 0 Å². The van der Waals surface area contributed by atoms with Gasteiger partial charge in [-0.3, -0.25) is 0 Å². The Morgan fingerprint density at radius 3 is 1.90 bits per heavy atom. The van der Waals surface area contributed by atoms with Gasteiger partial charge >= 0.3 is 0 Å². The lowest BCUT2D eigenvalue weighted by molar-refractivity contribution is 0.0423. The van der Waals surface area contributed by atoms with Crippen molar-refractivity contribution in [1.82, 2.24) is 0 Å². The first kappa shape index (κ1) is 20.0. The first-order valence-electron chi connectivity index (χ1n) is 10.4. The van der Waals surface area contributed by atoms with Gasteiger partial charge < -0.3 is 4.74 Å². The molecule has 4 rings (SSSR count). The van der Waals surface area contributed by atoms with Gasteiger partial charge in [0.05, 0.1) is 10.9 Å². The monoisotopic (exact) mass is 407 g/mol. The highest BCUT2D eigenvalue weighted by Gasteiger charge is 2.35. The molecule has 3 heteroatoms. The van der Waals surface area contributed by atoms with Gasteiger partial charge in [-0.2, -0.15) is 0 Å². The summed E-state index contributed by atoms with van der Waals surface area (Å²) >= 11 is 0. The molecule has 0 unspecified atom stereocenters. The van der Waals surface area contributed by atoms with Crippen LogP contribution in [0.1, 0.15) is 39.5 Å². The van der Waals surface area contributed by atoms with E-state index in [1.807, 2.05) is 24.3 Å². The largest absolute Gasteiger partial charge is 0.484 e. The highest BCUT2D eigenvalue weighted by Crippen LogP contribution is 2.39. The molecule has 0 radical (unpaired) electrons. The summed E-state index contributed by atoms with van der Waals surface area (Å²) in [6, 6.07) is 26.2. The molecule has 3 aromatic carbocycles. The summed E-state index contributed by atoms with van der Waals surface area (Å²) in [5.41, 5.74) is -0.367. The summed E-state index contributed by atoms with van der Waals surface area (Å²) in [6.45, 7) is 4.20. The summed E-state index contributed by atoms with van der Waals surface area (Å²) in [5, 5.41) is 0. The second-order valence-corrected chi connectivity index (χ2v) is 10.2. The topological polar surface area (TPSA) is 9.23 Å². The molecule has 0 atom stereocenters. The number of hydrogen-bond acceptors (Lipinski definition) is 1. The smallest absolute Gasteiger partial charge is 0.170 e. The number of rotatable bonds is 6. The number of ether oxygens (including phenoxy) is 1. The summed E-state index contributed by atoms with van der Waals surface area (Å²) in [6.07, 6.45) is 4.80. The molecule has 3 aromatic rings. The third-order valence-electron chi connectivity index (χ3n) is 5.81. The molecule has 0 amide bonds. The minimum atomic E-state index is -0.367. The summed E-state index contributed by atoms with van der Waals surface area (Å²) in [5.74, 6) is 0.556.